The van der Waals surface area contributed by atoms with Crippen molar-refractivity contribution >= 4 is 11.9 Å². The summed E-state index contributed by atoms with van der Waals surface area (Å²) in [6, 6.07) is 0. The van der Waals surface area contributed by atoms with Gasteiger partial charge < -0.3 is 15.7 Å². The smallest absolute Gasteiger partial charge is 0.308 e. The number of likely N-dealkylation sites (tertiary alicyclic amines) is 1. The van der Waals surface area contributed by atoms with E-state index in [1.165, 1.54) is 0 Å². The molecule has 1 saturated heterocycles. The third-order valence-corrected chi connectivity index (χ3v) is 2.54. The molecule has 1 aliphatic heterocycles. The van der Waals surface area contributed by atoms with Crippen LogP contribution >= 0.6 is 0 Å². The number of carbonyl (C=O) groups excluding carboxylic acids is 1. The van der Waals surface area contributed by atoms with Gasteiger partial charge in [-0.3, -0.25) is 9.59 Å². The summed E-state index contributed by atoms with van der Waals surface area (Å²) in [6.07, 6.45) is 0.461. The van der Waals surface area contributed by atoms with E-state index in [1.54, 1.807) is 11.8 Å². The van der Waals surface area contributed by atoms with Crippen molar-refractivity contribution in [3.63, 3.8) is 0 Å². The average Bonchev–Trinajstić information content (AvgIpc) is 2.47. The van der Waals surface area contributed by atoms with Gasteiger partial charge in [0.1, 0.15) is 0 Å². The normalized spacial score (nSPS) is 24.0. The van der Waals surface area contributed by atoms with Crippen molar-refractivity contribution in [2.45, 2.75) is 13.3 Å². The minimum atomic E-state index is -0.867. The van der Waals surface area contributed by atoms with Gasteiger partial charge >= 0.3 is 5.97 Å². The Kier molecular flexibility index (Phi) is 3.46. The Labute approximate surface area is 82.9 Å². The van der Waals surface area contributed by atoms with Crippen LogP contribution < -0.4 is 5.73 Å². The van der Waals surface area contributed by atoms with Crippen molar-refractivity contribution in [3.8, 4) is 0 Å². The molecule has 5 nitrogen and oxygen atoms in total. The molecule has 0 radical (unpaired) electrons. The van der Waals surface area contributed by atoms with Crippen LogP contribution in [0.5, 0.6) is 0 Å². The number of aliphatic carboxylic acids is 1. The monoisotopic (exact) mass is 200 g/mol. The van der Waals surface area contributed by atoms with Crippen molar-refractivity contribution in [1.29, 1.82) is 0 Å². The van der Waals surface area contributed by atoms with Gasteiger partial charge in [-0.25, -0.2) is 0 Å². The topological polar surface area (TPSA) is 83.6 Å². The fourth-order valence-electron chi connectivity index (χ4n) is 1.60. The van der Waals surface area contributed by atoms with E-state index in [9.17, 15) is 9.59 Å². The standard InChI is InChI=1S/C9H16N2O3/c1-6(9(13)14)4-11-5-7(3-10)2-8(11)12/h6-7H,2-5,10H2,1H3,(H,13,14). The highest BCUT2D eigenvalue weighted by atomic mass is 16.4. The zero-order valence-corrected chi connectivity index (χ0v) is 8.27. The zero-order chi connectivity index (χ0) is 10.7. The fourth-order valence-corrected chi connectivity index (χ4v) is 1.60. The Bertz CT molecular complexity index is 242. The molecule has 0 aromatic rings. The number of rotatable bonds is 4. The quantitative estimate of drug-likeness (QED) is 0.641. The van der Waals surface area contributed by atoms with Crippen molar-refractivity contribution in [3.05, 3.63) is 0 Å². The van der Waals surface area contributed by atoms with Gasteiger partial charge in [0.2, 0.25) is 5.91 Å². The van der Waals surface area contributed by atoms with E-state index in [-0.39, 0.29) is 11.8 Å². The molecule has 0 aromatic heterocycles. The van der Waals surface area contributed by atoms with Crippen molar-refractivity contribution in [2.24, 2.45) is 17.6 Å². The maximum atomic E-state index is 11.4. The van der Waals surface area contributed by atoms with Gasteiger partial charge in [0.05, 0.1) is 5.92 Å². The molecule has 0 spiro atoms. The number of amides is 1. The molecule has 80 valence electrons. The van der Waals surface area contributed by atoms with Crippen LogP contribution in [0.4, 0.5) is 0 Å². The van der Waals surface area contributed by atoms with E-state index < -0.39 is 11.9 Å². The van der Waals surface area contributed by atoms with Crippen LogP contribution in [0, 0.1) is 11.8 Å². The first kappa shape index (κ1) is 11.0. The molecule has 0 bridgehead atoms. The predicted octanol–water partition coefficient (Wildman–Crippen LogP) is -0.486. The zero-order valence-electron chi connectivity index (χ0n) is 8.27. The molecular formula is C9H16N2O3. The molecule has 1 rings (SSSR count). The SMILES string of the molecule is CC(CN1CC(CN)CC1=O)C(=O)O. The van der Waals surface area contributed by atoms with Crippen molar-refractivity contribution in [1.82, 2.24) is 4.90 Å². The Morgan fingerprint density at radius 1 is 1.79 bits per heavy atom. The highest BCUT2D eigenvalue weighted by molar-refractivity contribution is 5.79. The van der Waals surface area contributed by atoms with Gasteiger partial charge in [-0.05, 0) is 12.5 Å². The second kappa shape index (κ2) is 4.41. The Balaban J connectivity index is 2.46. The van der Waals surface area contributed by atoms with Gasteiger partial charge in [0, 0.05) is 19.5 Å². The fraction of sp³-hybridized carbons (Fsp3) is 0.778. The van der Waals surface area contributed by atoms with Gasteiger partial charge in [0.15, 0.2) is 0 Å². The third-order valence-electron chi connectivity index (χ3n) is 2.54. The van der Waals surface area contributed by atoms with E-state index >= 15 is 0 Å². The first-order valence-corrected chi connectivity index (χ1v) is 4.75. The molecule has 0 aliphatic carbocycles. The summed E-state index contributed by atoms with van der Waals surface area (Å²) in [4.78, 5) is 23.6. The number of hydrogen-bond donors (Lipinski definition) is 2. The number of carboxylic acid groups (broad SMARTS) is 1. The number of nitrogens with zero attached hydrogens (tertiary/aromatic N) is 1. The lowest BCUT2D eigenvalue weighted by Gasteiger charge is -2.18. The van der Waals surface area contributed by atoms with Crippen LogP contribution in [-0.2, 0) is 9.59 Å². The molecule has 0 aromatic carbocycles. The Morgan fingerprint density at radius 2 is 2.43 bits per heavy atom. The summed E-state index contributed by atoms with van der Waals surface area (Å²) in [6.45, 7) is 2.99. The third kappa shape index (κ3) is 2.45. The summed E-state index contributed by atoms with van der Waals surface area (Å²) < 4.78 is 0. The lowest BCUT2D eigenvalue weighted by molar-refractivity contribution is -0.142. The van der Waals surface area contributed by atoms with E-state index in [0.717, 1.165) is 0 Å². The number of nitrogens with two attached hydrogens (primary N) is 1. The lowest BCUT2D eigenvalue weighted by atomic mass is 10.1. The first-order valence-electron chi connectivity index (χ1n) is 4.75. The minimum Gasteiger partial charge on any atom is -0.481 e. The maximum Gasteiger partial charge on any atom is 0.308 e. The molecule has 1 fully saturated rings. The molecular weight excluding hydrogens is 184 g/mol. The maximum absolute atomic E-state index is 11.4. The molecule has 1 heterocycles. The summed E-state index contributed by atoms with van der Waals surface area (Å²) in [7, 11) is 0. The number of carboxylic acids is 1. The molecule has 14 heavy (non-hydrogen) atoms. The van der Waals surface area contributed by atoms with Crippen LogP contribution in [-0.4, -0.2) is 41.5 Å². The van der Waals surface area contributed by atoms with Gasteiger partial charge in [-0.2, -0.15) is 0 Å². The van der Waals surface area contributed by atoms with Crippen LogP contribution in [0.2, 0.25) is 0 Å². The number of carbonyl (C=O) groups is 2. The van der Waals surface area contributed by atoms with Crippen LogP contribution in [0.3, 0.4) is 0 Å². The van der Waals surface area contributed by atoms with Gasteiger partial charge in [-0.15, -0.1) is 0 Å². The average molecular weight is 200 g/mol. The second-order valence-electron chi connectivity index (χ2n) is 3.84. The first-order chi connectivity index (χ1) is 6.54. The molecule has 1 aliphatic rings. The largest absolute Gasteiger partial charge is 0.481 e. The lowest BCUT2D eigenvalue weighted by Crippen LogP contribution is -2.33. The van der Waals surface area contributed by atoms with Crippen LogP contribution in [0.1, 0.15) is 13.3 Å². The summed E-state index contributed by atoms with van der Waals surface area (Å²) in [5.41, 5.74) is 5.45. The Hall–Kier alpha value is -1.10. The molecule has 2 unspecified atom stereocenters. The van der Waals surface area contributed by atoms with E-state index in [1.807, 2.05) is 0 Å². The predicted molar refractivity (Wildman–Crippen MR) is 50.5 cm³/mol. The molecule has 5 heteroatoms. The van der Waals surface area contributed by atoms with Crippen LogP contribution in [0.15, 0.2) is 0 Å². The van der Waals surface area contributed by atoms with Gasteiger partial charge in [0.25, 0.3) is 0 Å². The minimum absolute atomic E-state index is 0.0218. The molecule has 3 N–H and O–H groups in total. The summed E-state index contributed by atoms with van der Waals surface area (Å²) in [5.74, 6) is -1.15. The highest BCUT2D eigenvalue weighted by Gasteiger charge is 2.30. The molecule has 2 atom stereocenters. The van der Waals surface area contributed by atoms with E-state index in [0.29, 0.717) is 26.1 Å². The summed E-state index contributed by atoms with van der Waals surface area (Å²) >= 11 is 0. The highest BCUT2D eigenvalue weighted by Crippen LogP contribution is 2.17. The summed E-state index contributed by atoms with van der Waals surface area (Å²) in [5, 5.41) is 8.69. The number of hydrogen-bond acceptors (Lipinski definition) is 3. The van der Waals surface area contributed by atoms with E-state index in [2.05, 4.69) is 0 Å². The Morgan fingerprint density at radius 3 is 2.86 bits per heavy atom. The van der Waals surface area contributed by atoms with Gasteiger partial charge in [-0.1, -0.05) is 6.92 Å². The molecule has 0 saturated carbocycles. The van der Waals surface area contributed by atoms with Crippen molar-refractivity contribution in [2.75, 3.05) is 19.6 Å². The van der Waals surface area contributed by atoms with Crippen molar-refractivity contribution < 1.29 is 14.7 Å². The second-order valence-corrected chi connectivity index (χ2v) is 3.84. The molecule has 1 amide bonds. The van der Waals surface area contributed by atoms with E-state index in [4.69, 9.17) is 10.8 Å². The van der Waals surface area contributed by atoms with Crippen LogP contribution in [0.25, 0.3) is 0 Å².